The molecule has 0 aliphatic carbocycles. The van der Waals surface area contributed by atoms with Gasteiger partial charge >= 0.3 is 0 Å². The molecule has 1 heterocycles. The first-order valence-electron chi connectivity index (χ1n) is 6.30. The van der Waals surface area contributed by atoms with Gasteiger partial charge in [0.05, 0.1) is 6.42 Å². The number of rotatable bonds is 5. The maximum Gasteiger partial charge on any atom is 0.230 e. The zero-order chi connectivity index (χ0) is 14.5. The lowest BCUT2D eigenvalue weighted by Gasteiger charge is -2.03. The molecule has 1 aromatic carbocycles. The molecule has 0 atom stereocenters. The van der Waals surface area contributed by atoms with Gasteiger partial charge in [0.1, 0.15) is 5.82 Å². The normalized spacial score (nSPS) is 10.3. The summed E-state index contributed by atoms with van der Waals surface area (Å²) in [6, 6.07) is 7.07. The molecule has 0 saturated heterocycles. The summed E-state index contributed by atoms with van der Waals surface area (Å²) in [5.74, 6) is 0.553. The fourth-order valence-corrected chi connectivity index (χ4v) is 2.36. The molecule has 1 amide bonds. The molecule has 0 spiro atoms. The maximum atomic E-state index is 11.9. The van der Waals surface area contributed by atoms with Crippen LogP contribution in [0.2, 0.25) is 0 Å². The summed E-state index contributed by atoms with van der Waals surface area (Å²) in [6.07, 6.45) is 0.954. The van der Waals surface area contributed by atoms with Crippen LogP contribution < -0.4 is 5.32 Å². The SMILES string of the molecule is CCc1nsc(NC(=O)Cc2cccc(C(C)=O)c2)n1. The van der Waals surface area contributed by atoms with Gasteiger partial charge in [-0.3, -0.25) is 9.59 Å². The number of Topliss-reactive ketones (excluding diaryl/α,β-unsaturated/α-hetero) is 1. The third-order valence-corrected chi connectivity index (χ3v) is 3.40. The average Bonchev–Trinajstić information content (AvgIpc) is 2.86. The highest BCUT2D eigenvalue weighted by molar-refractivity contribution is 7.09. The molecule has 20 heavy (non-hydrogen) atoms. The number of nitrogens with one attached hydrogen (secondary N) is 1. The van der Waals surface area contributed by atoms with Gasteiger partial charge in [-0.2, -0.15) is 4.37 Å². The lowest BCUT2D eigenvalue weighted by atomic mass is 10.1. The van der Waals surface area contributed by atoms with Crippen LogP contribution in [0.1, 0.15) is 35.6 Å². The first kappa shape index (κ1) is 14.3. The number of benzene rings is 1. The molecule has 1 aromatic heterocycles. The molecule has 0 aliphatic heterocycles. The van der Waals surface area contributed by atoms with Crippen molar-refractivity contribution >= 4 is 28.4 Å². The number of hydrogen-bond acceptors (Lipinski definition) is 5. The van der Waals surface area contributed by atoms with E-state index in [4.69, 9.17) is 0 Å². The van der Waals surface area contributed by atoms with E-state index in [1.807, 2.05) is 13.0 Å². The molecule has 0 fully saturated rings. The van der Waals surface area contributed by atoms with Gasteiger partial charge in [0, 0.05) is 23.5 Å². The Morgan fingerprint density at radius 3 is 2.80 bits per heavy atom. The maximum absolute atomic E-state index is 11.9. The van der Waals surface area contributed by atoms with Crippen molar-refractivity contribution < 1.29 is 9.59 Å². The monoisotopic (exact) mass is 289 g/mol. The average molecular weight is 289 g/mol. The Balaban J connectivity index is 2.00. The van der Waals surface area contributed by atoms with Crippen molar-refractivity contribution in [3.63, 3.8) is 0 Å². The van der Waals surface area contributed by atoms with Crippen LogP contribution in [0.15, 0.2) is 24.3 Å². The number of aryl methyl sites for hydroxylation is 1. The lowest BCUT2D eigenvalue weighted by molar-refractivity contribution is -0.115. The number of nitrogens with zero attached hydrogens (tertiary/aromatic N) is 2. The van der Waals surface area contributed by atoms with Gasteiger partial charge < -0.3 is 5.32 Å². The van der Waals surface area contributed by atoms with Gasteiger partial charge in [-0.25, -0.2) is 4.98 Å². The summed E-state index contributed by atoms with van der Waals surface area (Å²) in [4.78, 5) is 27.4. The minimum Gasteiger partial charge on any atom is -0.300 e. The van der Waals surface area contributed by atoms with Crippen molar-refractivity contribution in [3.8, 4) is 0 Å². The molecule has 104 valence electrons. The number of carbonyl (C=O) groups excluding carboxylic acids is 2. The molecule has 0 radical (unpaired) electrons. The molecule has 6 heteroatoms. The molecular formula is C14H15N3O2S. The Hall–Kier alpha value is -2.08. The van der Waals surface area contributed by atoms with E-state index < -0.39 is 0 Å². The predicted molar refractivity (Wildman–Crippen MR) is 78.1 cm³/mol. The van der Waals surface area contributed by atoms with Gasteiger partial charge in [-0.15, -0.1) is 0 Å². The molecular weight excluding hydrogens is 274 g/mol. The summed E-state index contributed by atoms with van der Waals surface area (Å²) >= 11 is 1.17. The van der Waals surface area contributed by atoms with Crippen molar-refractivity contribution in [2.75, 3.05) is 5.32 Å². The van der Waals surface area contributed by atoms with Crippen molar-refractivity contribution in [3.05, 3.63) is 41.2 Å². The second-order valence-corrected chi connectivity index (χ2v) is 5.10. The van der Waals surface area contributed by atoms with Crippen LogP contribution in [-0.4, -0.2) is 21.0 Å². The minimum atomic E-state index is -0.162. The molecule has 0 aliphatic rings. The van der Waals surface area contributed by atoms with E-state index in [0.29, 0.717) is 10.7 Å². The van der Waals surface area contributed by atoms with Gasteiger partial charge in [-0.05, 0) is 18.6 Å². The van der Waals surface area contributed by atoms with E-state index in [-0.39, 0.29) is 18.1 Å². The molecule has 2 aromatic rings. The lowest BCUT2D eigenvalue weighted by Crippen LogP contribution is -2.14. The Kier molecular flexibility index (Phi) is 4.57. The Bertz CT molecular complexity index is 637. The predicted octanol–water partition coefficient (Wildman–Crippen LogP) is 2.48. The van der Waals surface area contributed by atoms with Crippen LogP contribution in [0, 0.1) is 0 Å². The largest absolute Gasteiger partial charge is 0.300 e. The summed E-state index contributed by atoms with van der Waals surface area (Å²) < 4.78 is 4.10. The van der Waals surface area contributed by atoms with Gasteiger partial charge in [0.15, 0.2) is 5.78 Å². The first-order valence-corrected chi connectivity index (χ1v) is 7.08. The summed E-state index contributed by atoms with van der Waals surface area (Å²) in [5, 5.41) is 3.22. The zero-order valence-corrected chi connectivity index (χ0v) is 12.2. The van der Waals surface area contributed by atoms with E-state index in [2.05, 4.69) is 14.7 Å². The summed E-state index contributed by atoms with van der Waals surface area (Å²) in [6.45, 7) is 3.47. The number of hydrogen-bond donors (Lipinski definition) is 1. The molecule has 0 saturated carbocycles. The van der Waals surface area contributed by atoms with Gasteiger partial charge in [-0.1, -0.05) is 25.1 Å². The summed E-state index contributed by atoms with van der Waals surface area (Å²) in [5.41, 5.74) is 1.41. The van der Waals surface area contributed by atoms with Crippen LogP contribution in [0.5, 0.6) is 0 Å². The van der Waals surface area contributed by atoms with E-state index in [9.17, 15) is 9.59 Å². The minimum absolute atomic E-state index is 0.0102. The van der Waals surface area contributed by atoms with E-state index in [1.165, 1.54) is 18.5 Å². The van der Waals surface area contributed by atoms with Crippen molar-refractivity contribution in [1.29, 1.82) is 0 Å². The molecule has 2 rings (SSSR count). The zero-order valence-electron chi connectivity index (χ0n) is 11.3. The third kappa shape index (κ3) is 3.71. The molecule has 5 nitrogen and oxygen atoms in total. The van der Waals surface area contributed by atoms with Crippen LogP contribution in [0.3, 0.4) is 0 Å². The second-order valence-electron chi connectivity index (χ2n) is 4.35. The number of amides is 1. The van der Waals surface area contributed by atoms with Crippen molar-refractivity contribution in [1.82, 2.24) is 9.36 Å². The van der Waals surface area contributed by atoms with E-state index in [0.717, 1.165) is 17.8 Å². The van der Waals surface area contributed by atoms with Crippen LogP contribution in [-0.2, 0) is 17.6 Å². The topological polar surface area (TPSA) is 72.0 Å². The van der Waals surface area contributed by atoms with Crippen LogP contribution >= 0.6 is 11.5 Å². The van der Waals surface area contributed by atoms with Crippen LogP contribution in [0.25, 0.3) is 0 Å². The van der Waals surface area contributed by atoms with Crippen molar-refractivity contribution in [2.45, 2.75) is 26.7 Å². The van der Waals surface area contributed by atoms with E-state index in [1.54, 1.807) is 18.2 Å². The Labute approximate surface area is 121 Å². The Morgan fingerprint density at radius 1 is 1.35 bits per heavy atom. The van der Waals surface area contributed by atoms with Gasteiger partial charge in [0.2, 0.25) is 11.0 Å². The standard InChI is InChI=1S/C14H15N3O2S/c1-3-12-15-14(20-17-12)16-13(19)8-10-5-4-6-11(7-10)9(2)18/h4-7H,3,8H2,1-2H3,(H,15,16,17,19). The number of ketones is 1. The van der Waals surface area contributed by atoms with Crippen LogP contribution in [0.4, 0.5) is 5.13 Å². The highest BCUT2D eigenvalue weighted by atomic mass is 32.1. The molecule has 0 bridgehead atoms. The van der Waals surface area contributed by atoms with Gasteiger partial charge in [0.25, 0.3) is 0 Å². The fourth-order valence-electron chi connectivity index (χ4n) is 1.70. The number of anilines is 1. The van der Waals surface area contributed by atoms with E-state index >= 15 is 0 Å². The quantitative estimate of drug-likeness (QED) is 0.858. The summed E-state index contributed by atoms with van der Waals surface area (Å²) in [7, 11) is 0. The smallest absolute Gasteiger partial charge is 0.230 e. The highest BCUT2D eigenvalue weighted by Gasteiger charge is 2.09. The highest BCUT2D eigenvalue weighted by Crippen LogP contribution is 2.12. The second kappa shape index (κ2) is 6.38. The van der Waals surface area contributed by atoms with Crippen molar-refractivity contribution in [2.24, 2.45) is 0 Å². The molecule has 0 unspecified atom stereocenters. The molecule has 1 N–H and O–H groups in total. The number of carbonyl (C=O) groups is 2. The first-order chi connectivity index (χ1) is 9.58. The Morgan fingerprint density at radius 2 is 2.15 bits per heavy atom. The number of aromatic nitrogens is 2. The third-order valence-electron chi connectivity index (χ3n) is 2.73. The fraction of sp³-hybridized carbons (Fsp3) is 0.286.